The number of fused-ring (bicyclic) bond motifs is 2. The number of benzene rings is 1. The molecule has 7 nitrogen and oxygen atoms in total. The highest BCUT2D eigenvalue weighted by Crippen LogP contribution is 2.40. The maximum Gasteiger partial charge on any atom is 0.293 e. The van der Waals surface area contributed by atoms with Gasteiger partial charge in [0.1, 0.15) is 5.69 Å². The Labute approximate surface area is 153 Å². The minimum absolute atomic E-state index is 0. The van der Waals surface area contributed by atoms with Gasteiger partial charge in [0.2, 0.25) is 0 Å². The first-order valence-electron chi connectivity index (χ1n) is 8.47. The van der Waals surface area contributed by atoms with E-state index in [0.717, 1.165) is 25.7 Å². The molecule has 0 aromatic heterocycles. The van der Waals surface area contributed by atoms with E-state index < -0.39 is 4.92 Å². The van der Waals surface area contributed by atoms with Crippen molar-refractivity contribution >= 4 is 29.7 Å². The van der Waals surface area contributed by atoms with Crippen LogP contribution in [0.4, 0.5) is 11.4 Å². The molecule has 0 saturated heterocycles. The predicted molar refractivity (Wildman–Crippen MR) is 98.8 cm³/mol. The second-order valence-electron chi connectivity index (χ2n) is 7.18. The van der Waals surface area contributed by atoms with E-state index in [0.29, 0.717) is 17.4 Å². The third-order valence-corrected chi connectivity index (χ3v) is 5.42. The molecule has 1 aromatic carbocycles. The number of nitrogen functional groups attached to an aromatic ring is 1. The van der Waals surface area contributed by atoms with E-state index in [1.54, 1.807) is 13.0 Å². The number of anilines is 1. The van der Waals surface area contributed by atoms with Crippen molar-refractivity contribution in [1.29, 1.82) is 0 Å². The van der Waals surface area contributed by atoms with Gasteiger partial charge in [-0.2, -0.15) is 0 Å². The molecule has 0 radical (unpaired) electrons. The van der Waals surface area contributed by atoms with Gasteiger partial charge in [-0.05, 0) is 56.1 Å². The van der Waals surface area contributed by atoms with Gasteiger partial charge in [0.15, 0.2) is 0 Å². The van der Waals surface area contributed by atoms with Gasteiger partial charge in [0.05, 0.1) is 10.5 Å². The van der Waals surface area contributed by atoms with Crippen LogP contribution in [-0.4, -0.2) is 22.9 Å². The molecule has 0 spiro atoms. The Balaban J connectivity index is 0.00000225. The maximum absolute atomic E-state index is 12.7. The highest BCUT2D eigenvalue weighted by Gasteiger charge is 2.40. The number of nitro groups is 1. The van der Waals surface area contributed by atoms with Crippen LogP contribution >= 0.6 is 12.4 Å². The molecule has 138 valence electrons. The van der Waals surface area contributed by atoms with Gasteiger partial charge >= 0.3 is 0 Å². The SMILES string of the molecule is Cc1cc(C(=O)NC2C3CCCC2CC(N)C3)c(N)c([N+](=O)[O-])c1.Cl. The molecule has 0 heterocycles. The van der Waals surface area contributed by atoms with Crippen LogP contribution in [0.25, 0.3) is 0 Å². The number of carbonyl (C=O) groups is 1. The van der Waals surface area contributed by atoms with E-state index in [9.17, 15) is 14.9 Å². The number of amides is 1. The van der Waals surface area contributed by atoms with Gasteiger partial charge in [-0.1, -0.05) is 6.42 Å². The van der Waals surface area contributed by atoms with E-state index in [1.807, 2.05) is 0 Å². The first-order chi connectivity index (χ1) is 11.4. The number of carbonyl (C=O) groups excluding carboxylic acids is 1. The molecule has 2 bridgehead atoms. The number of nitrogens with two attached hydrogens (primary N) is 2. The van der Waals surface area contributed by atoms with E-state index in [-0.39, 0.29) is 47.3 Å². The number of nitro benzene ring substituents is 1. The molecule has 5 N–H and O–H groups in total. The number of halogens is 1. The lowest BCUT2D eigenvalue weighted by molar-refractivity contribution is -0.384. The van der Waals surface area contributed by atoms with Crippen molar-refractivity contribution in [2.45, 2.75) is 51.1 Å². The average molecular weight is 369 g/mol. The topological polar surface area (TPSA) is 124 Å². The third kappa shape index (κ3) is 3.88. The van der Waals surface area contributed by atoms with Crippen LogP contribution in [0.1, 0.15) is 48.0 Å². The largest absolute Gasteiger partial charge is 0.393 e. The molecule has 1 aromatic rings. The van der Waals surface area contributed by atoms with Gasteiger partial charge < -0.3 is 16.8 Å². The van der Waals surface area contributed by atoms with Crippen molar-refractivity contribution in [3.63, 3.8) is 0 Å². The second kappa shape index (κ2) is 7.58. The fourth-order valence-electron chi connectivity index (χ4n) is 4.37. The monoisotopic (exact) mass is 368 g/mol. The number of nitrogens with one attached hydrogen (secondary N) is 1. The van der Waals surface area contributed by atoms with E-state index >= 15 is 0 Å². The van der Waals surface area contributed by atoms with Crippen LogP contribution in [0.2, 0.25) is 0 Å². The number of nitrogens with zero attached hydrogens (tertiary/aromatic N) is 1. The van der Waals surface area contributed by atoms with Gasteiger partial charge in [0, 0.05) is 18.2 Å². The fourth-order valence-corrected chi connectivity index (χ4v) is 4.37. The molecule has 8 heteroatoms. The zero-order valence-electron chi connectivity index (χ0n) is 14.2. The highest BCUT2D eigenvalue weighted by molar-refractivity contribution is 6.01. The van der Waals surface area contributed by atoms with Crippen molar-refractivity contribution in [2.24, 2.45) is 17.6 Å². The van der Waals surface area contributed by atoms with Crippen molar-refractivity contribution in [1.82, 2.24) is 5.32 Å². The van der Waals surface area contributed by atoms with Crippen molar-refractivity contribution in [3.8, 4) is 0 Å². The summed E-state index contributed by atoms with van der Waals surface area (Å²) < 4.78 is 0. The summed E-state index contributed by atoms with van der Waals surface area (Å²) in [4.78, 5) is 23.3. The lowest BCUT2D eigenvalue weighted by Crippen LogP contribution is -2.53. The summed E-state index contributed by atoms with van der Waals surface area (Å²) >= 11 is 0. The first kappa shape index (κ1) is 19.5. The quantitative estimate of drug-likeness (QED) is 0.429. The lowest BCUT2D eigenvalue weighted by atomic mass is 9.67. The number of aryl methyl sites for hydroxylation is 1. The third-order valence-electron chi connectivity index (χ3n) is 5.42. The normalized spacial score (nSPS) is 27.9. The Bertz CT molecular complexity index is 668. The molecule has 25 heavy (non-hydrogen) atoms. The van der Waals surface area contributed by atoms with Crippen molar-refractivity contribution in [3.05, 3.63) is 33.4 Å². The number of hydrogen-bond acceptors (Lipinski definition) is 5. The summed E-state index contributed by atoms with van der Waals surface area (Å²) in [5.74, 6) is 0.451. The number of hydrogen-bond donors (Lipinski definition) is 3. The molecule has 1 amide bonds. The zero-order valence-corrected chi connectivity index (χ0v) is 15.1. The van der Waals surface area contributed by atoms with Crippen molar-refractivity contribution in [2.75, 3.05) is 5.73 Å². The summed E-state index contributed by atoms with van der Waals surface area (Å²) in [5, 5.41) is 14.2. The molecule has 2 saturated carbocycles. The minimum atomic E-state index is -0.548. The Morgan fingerprint density at radius 2 is 1.88 bits per heavy atom. The molecule has 2 aliphatic carbocycles. The lowest BCUT2D eigenvalue weighted by Gasteiger charge is -2.45. The predicted octanol–water partition coefficient (Wildman–Crippen LogP) is 2.54. The molecular formula is C17H25ClN4O3. The molecule has 2 atom stereocenters. The van der Waals surface area contributed by atoms with Gasteiger partial charge in [-0.3, -0.25) is 14.9 Å². The Morgan fingerprint density at radius 3 is 2.44 bits per heavy atom. The average Bonchev–Trinajstić information content (AvgIpc) is 2.49. The number of rotatable bonds is 3. The summed E-state index contributed by atoms with van der Waals surface area (Å²) in [5.41, 5.74) is 12.5. The Hall–Kier alpha value is -1.86. The van der Waals surface area contributed by atoms with Crippen LogP contribution in [0, 0.1) is 28.9 Å². The van der Waals surface area contributed by atoms with Gasteiger partial charge in [-0.15, -0.1) is 12.4 Å². The van der Waals surface area contributed by atoms with E-state index in [2.05, 4.69) is 5.32 Å². The smallest absolute Gasteiger partial charge is 0.293 e. The Kier molecular flexibility index (Phi) is 5.90. The summed E-state index contributed by atoms with van der Waals surface area (Å²) in [6.45, 7) is 1.72. The Morgan fingerprint density at radius 1 is 1.28 bits per heavy atom. The van der Waals surface area contributed by atoms with Crippen LogP contribution in [0.3, 0.4) is 0 Å². The van der Waals surface area contributed by atoms with E-state index in [1.165, 1.54) is 12.5 Å². The minimum Gasteiger partial charge on any atom is -0.393 e. The summed E-state index contributed by atoms with van der Waals surface area (Å²) in [6, 6.07) is 3.30. The highest BCUT2D eigenvalue weighted by atomic mass is 35.5. The second-order valence-corrected chi connectivity index (χ2v) is 7.18. The van der Waals surface area contributed by atoms with Crippen LogP contribution < -0.4 is 16.8 Å². The van der Waals surface area contributed by atoms with Crippen LogP contribution in [-0.2, 0) is 0 Å². The standard InChI is InChI=1S/C17H24N4O3.ClH/c1-9-5-13(15(19)14(6-9)21(23)24)17(22)20-16-10-3-2-4-11(16)8-12(18)7-10;/h5-6,10-12,16H,2-4,7-8,18-19H2,1H3,(H,20,22);1H. The first-order valence-corrected chi connectivity index (χ1v) is 8.47. The van der Waals surface area contributed by atoms with Crippen LogP contribution in [0.15, 0.2) is 12.1 Å². The van der Waals surface area contributed by atoms with Crippen LogP contribution in [0.5, 0.6) is 0 Å². The molecule has 2 aliphatic rings. The molecule has 3 rings (SSSR count). The van der Waals surface area contributed by atoms with E-state index in [4.69, 9.17) is 11.5 Å². The molecular weight excluding hydrogens is 344 g/mol. The summed E-state index contributed by atoms with van der Waals surface area (Å²) in [6.07, 6.45) is 5.15. The molecule has 2 unspecified atom stereocenters. The van der Waals surface area contributed by atoms with Gasteiger partial charge in [0.25, 0.3) is 11.6 Å². The molecule has 0 aliphatic heterocycles. The zero-order chi connectivity index (χ0) is 17.4. The maximum atomic E-state index is 12.7. The molecule has 2 fully saturated rings. The van der Waals surface area contributed by atoms with Crippen molar-refractivity contribution < 1.29 is 9.72 Å². The fraction of sp³-hybridized carbons (Fsp3) is 0.588. The van der Waals surface area contributed by atoms with Gasteiger partial charge in [-0.25, -0.2) is 0 Å². The summed E-state index contributed by atoms with van der Waals surface area (Å²) in [7, 11) is 0.